The molecule has 21 heavy (non-hydrogen) atoms. The second-order valence-electron chi connectivity index (χ2n) is 6.17. The molecule has 116 valence electrons. The Morgan fingerprint density at radius 2 is 2.29 bits per heavy atom. The minimum atomic E-state index is -0.0222. The van der Waals surface area contributed by atoms with Crippen LogP contribution in [0.15, 0.2) is 17.5 Å². The Balaban J connectivity index is 1.77. The van der Waals surface area contributed by atoms with E-state index in [0.29, 0.717) is 6.04 Å². The van der Waals surface area contributed by atoms with Crippen molar-refractivity contribution in [1.29, 1.82) is 0 Å². The molecule has 0 aromatic carbocycles. The number of carbonyl (C=O) groups excluding carboxylic acids is 1. The zero-order valence-corrected chi connectivity index (χ0v) is 13.7. The van der Waals surface area contributed by atoms with Gasteiger partial charge in [-0.2, -0.15) is 0 Å². The summed E-state index contributed by atoms with van der Waals surface area (Å²) in [4.78, 5) is 18.4. The fraction of sp³-hybridized carbons (Fsp3) is 0.688. The Labute approximate surface area is 131 Å². The fourth-order valence-corrected chi connectivity index (χ4v) is 4.25. The molecule has 3 rings (SSSR count). The van der Waals surface area contributed by atoms with Crippen LogP contribution in [0.1, 0.15) is 43.6 Å². The lowest BCUT2D eigenvalue weighted by atomic mass is 10.0. The van der Waals surface area contributed by atoms with Crippen molar-refractivity contribution in [1.82, 2.24) is 15.1 Å². The largest absolute Gasteiger partial charge is 0.319 e. The summed E-state index contributed by atoms with van der Waals surface area (Å²) in [6.45, 7) is 4.08. The van der Waals surface area contributed by atoms with E-state index in [-0.39, 0.29) is 18.1 Å². The van der Waals surface area contributed by atoms with Gasteiger partial charge in [0.1, 0.15) is 6.17 Å². The summed E-state index contributed by atoms with van der Waals surface area (Å²) in [5.74, 6) is 0.273. The molecule has 2 saturated heterocycles. The molecule has 2 fully saturated rings. The highest BCUT2D eigenvalue weighted by atomic mass is 32.1. The van der Waals surface area contributed by atoms with Gasteiger partial charge in [0.25, 0.3) is 0 Å². The fourth-order valence-electron chi connectivity index (χ4n) is 3.45. The number of nitrogens with one attached hydrogen (secondary N) is 1. The maximum atomic E-state index is 12.7. The van der Waals surface area contributed by atoms with Crippen LogP contribution >= 0.6 is 11.3 Å². The van der Waals surface area contributed by atoms with Gasteiger partial charge in [-0.3, -0.25) is 10.1 Å². The molecule has 0 radical (unpaired) electrons. The molecule has 2 aliphatic rings. The number of nitrogens with zero attached hydrogens (tertiary/aromatic N) is 2. The van der Waals surface area contributed by atoms with Crippen LogP contribution in [-0.2, 0) is 4.79 Å². The molecule has 1 aromatic rings. The molecule has 0 bridgehead atoms. The lowest BCUT2D eigenvalue weighted by molar-refractivity contribution is -0.131. The van der Waals surface area contributed by atoms with Gasteiger partial charge in [-0.1, -0.05) is 19.4 Å². The molecule has 2 aliphatic heterocycles. The quantitative estimate of drug-likeness (QED) is 0.928. The molecule has 4 nitrogen and oxygen atoms in total. The average Bonchev–Trinajstić information content (AvgIpc) is 3.11. The van der Waals surface area contributed by atoms with E-state index < -0.39 is 0 Å². The van der Waals surface area contributed by atoms with Gasteiger partial charge < -0.3 is 9.80 Å². The van der Waals surface area contributed by atoms with Crippen LogP contribution in [0.5, 0.6) is 0 Å². The molecule has 1 aromatic heterocycles. The first-order chi connectivity index (χ1) is 10.2. The van der Waals surface area contributed by atoms with Crippen molar-refractivity contribution in [3.05, 3.63) is 22.4 Å². The van der Waals surface area contributed by atoms with Crippen molar-refractivity contribution in [2.24, 2.45) is 0 Å². The zero-order valence-electron chi connectivity index (χ0n) is 12.9. The van der Waals surface area contributed by atoms with Crippen molar-refractivity contribution >= 4 is 17.2 Å². The minimum absolute atomic E-state index is 0.0222. The van der Waals surface area contributed by atoms with Crippen molar-refractivity contribution in [2.75, 3.05) is 20.1 Å². The molecule has 5 heteroatoms. The number of thiophene rings is 1. The van der Waals surface area contributed by atoms with E-state index in [1.54, 1.807) is 11.3 Å². The van der Waals surface area contributed by atoms with E-state index in [4.69, 9.17) is 0 Å². The van der Waals surface area contributed by atoms with Gasteiger partial charge in [0.05, 0.1) is 6.04 Å². The summed E-state index contributed by atoms with van der Waals surface area (Å²) in [7, 11) is 2.19. The molecular weight excluding hydrogens is 282 g/mol. The summed E-state index contributed by atoms with van der Waals surface area (Å²) >= 11 is 1.73. The molecule has 0 spiro atoms. The molecule has 1 N–H and O–H groups in total. The zero-order chi connectivity index (χ0) is 14.8. The van der Waals surface area contributed by atoms with Crippen LogP contribution in [0.25, 0.3) is 0 Å². The van der Waals surface area contributed by atoms with Gasteiger partial charge in [0, 0.05) is 17.5 Å². The molecule has 1 amide bonds. The summed E-state index contributed by atoms with van der Waals surface area (Å²) in [5, 5.41) is 5.60. The van der Waals surface area contributed by atoms with Crippen LogP contribution < -0.4 is 5.32 Å². The first kappa shape index (κ1) is 15.0. The van der Waals surface area contributed by atoms with E-state index >= 15 is 0 Å². The first-order valence-electron chi connectivity index (χ1n) is 8.01. The Morgan fingerprint density at radius 1 is 1.43 bits per heavy atom. The molecule has 3 heterocycles. The van der Waals surface area contributed by atoms with E-state index in [2.05, 4.69) is 46.6 Å². The number of likely N-dealkylation sites (tertiary alicyclic amines) is 1. The highest BCUT2D eigenvalue weighted by Crippen LogP contribution is 2.31. The molecule has 3 atom stereocenters. The Hall–Kier alpha value is -0.910. The topological polar surface area (TPSA) is 35.6 Å². The van der Waals surface area contributed by atoms with E-state index in [1.165, 1.54) is 24.1 Å². The third kappa shape index (κ3) is 3.00. The highest BCUT2D eigenvalue weighted by molar-refractivity contribution is 7.10. The van der Waals surface area contributed by atoms with Gasteiger partial charge in [-0.15, -0.1) is 11.3 Å². The molecule has 0 aliphatic carbocycles. The van der Waals surface area contributed by atoms with Crippen LogP contribution in [-0.4, -0.2) is 47.9 Å². The monoisotopic (exact) mass is 307 g/mol. The van der Waals surface area contributed by atoms with E-state index in [1.807, 2.05) is 0 Å². The van der Waals surface area contributed by atoms with Gasteiger partial charge in [-0.05, 0) is 44.3 Å². The normalized spacial score (nSPS) is 31.0. The maximum Gasteiger partial charge on any atom is 0.241 e. The lowest BCUT2D eigenvalue weighted by Crippen LogP contribution is -2.46. The molecule has 0 saturated carbocycles. The second-order valence-corrected chi connectivity index (χ2v) is 7.15. The maximum absolute atomic E-state index is 12.7. The highest BCUT2D eigenvalue weighted by Gasteiger charge is 2.40. The average molecular weight is 307 g/mol. The van der Waals surface area contributed by atoms with Gasteiger partial charge in [0.15, 0.2) is 0 Å². The smallest absolute Gasteiger partial charge is 0.241 e. The van der Waals surface area contributed by atoms with Gasteiger partial charge in [0.2, 0.25) is 5.91 Å². The third-order valence-electron chi connectivity index (χ3n) is 4.80. The number of hydrogen-bond acceptors (Lipinski definition) is 4. The number of rotatable bonds is 4. The minimum Gasteiger partial charge on any atom is -0.319 e. The summed E-state index contributed by atoms with van der Waals surface area (Å²) < 4.78 is 0. The lowest BCUT2D eigenvalue weighted by Gasteiger charge is -2.36. The van der Waals surface area contributed by atoms with Crippen molar-refractivity contribution in [3.63, 3.8) is 0 Å². The van der Waals surface area contributed by atoms with E-state index in [0.717, 1.165) is 19.5 Å². The number of likely N-dealkylation sites (N-methyl/N-ethyl adjacent to an activating group) is 1. The third-order valence-corrected chi connectivity index (χ3v) is 5.73. The van der Waals surface area contributed by atoms with Gasteiger partial charge in [-0.25, -0.2) is 0 Å². The first-order valence-corrected chi connectivity index (χ1v) is 8.89. The Kier molecular flexibility index (Phi) is 4.62. The number of piperidine rings is 1. The van der Waals surface area contributed by atoms with Crippen LogP contribution in [0, 0.1) is 0 Å². The van der Waals surface area contributed by atoms with Gasteiger partial charge >= 0.3 is 0 Å². The molecular formula is C16H25N3OS. The predicted octanol–water partition coefficient (Wildman–Crippen LogP) is 2.44. The number of amides is 1. The summed E-state index contributed by atoms with van der Waals surface area (Å²) in [6.07, 6.45) is 4.69. The second kappa shape index (κ2) is 6.46. The van der Waals surface area contributed by atoms with Crippen molar-refractivity contribution in [2.45, 2.75) is 50.9 Å². The standard InChI is InChI=1S/C16H25N3OS/c1-3-13-16(20)19(11-12-7-4-5-9-18(12)2)15(17-13)14-8-6-10-21-14/h6,8,10,12-13,15,17H,3-5,7,9,11H2,1-2H3. The Morgan fingerprint density at radius 3 is 2.95 bits per heavy atom. The number of hydrogen-bond donors (Lipinski definition) is 1. The number of carbonyl (C=O) groups is 1. The van der Waals surface area contributed by atoms with Crippen LogP contribution in [0.3, 0.4) is 0 Å². The van der Waals surface area contributed by atoms with E-state index in [9.17, 15) is 4.79 Å². The van der Waals surface area contributed by atoms with Crippen LogP contribution in [0.2, 0.25) is 0 Å². The predicted molar refractivity (Wildman–Crippen MR) is 86.3 cm³/mol. The van der Waals surface area contributed by atoms with Crippen molar-refractivity contribution in [3.8, 4) is 0 Å². The Bertz CT molecular complexity index is 476. The van der Waals surface area contributed by atoms with Crippen molar-refractivity contribution < 1.29 is 4.79 Å². The summed E-state index contributed by atoms with van der Waals surface area (Å²) in [5.41, 5.74) is 0. The summed E-state index contributed by atoms with van der Waals surface area (Å²) in [6, 6.07) is 4.68. The SMILES string of the molecule is CCC1NC(c2cccs2)N(CC2CCCCN2C)C1=O. The van der Waals surface area contributed by atoms with Crippen LogP contribution in [0.4, 0.5) is 0 Å². The molecule has 3 unspecified atom stereocenters.